The average Bonchev–Trinajstić information content (AvgIpc) is 2.28. The lowest BCUT2D eigenvalue weighted by molar-refractivity contribution is 0.942. The first-order chi connectivity index (χ1) is 7.74. The van der Waals surface area contributed by atoms with Crippen molar-refractivity contribution in [3.63, 3.8) is 0 Å². The fourth-order valence-corrected chi connectivity index (χ4v) is 2.90. The molecule has 0 N–H and O–H groups in total. The maximum Gasteiger partial charge on any atom is 0.139 e. The van der Waals surface area contributed by atoms with E-state index in [-0.39, 0.29) is 0 Å². The van der Waals surface area contributed by atoms with Crippen LogP contribution in [-0.4, -0.2) is 7.85 Å². The van der Waals surface area contributed by atoms with Crippen molar-refractivity contribution in [3.8, 4) is 11.1 Å². The van der Waals surface area contributed by atoms with Crippen LogP contribution in [0.1, 0.15) is 11.1 Å². The van der Waals surface area contributed by atoms with E-state index in [2.05, 4.69) is 60.2 Å². The van der Waals surface area contributed by atoms with Gasteiger partial charge < -0.3 is 0 Å². The zero-order valence-corrected chi connectivity index (χ0v) is 10.8. The lowest BCUT2D eigenvalue weighted by Crippen LogP contribution is -2.09. The van der Waals surface area contributed by atoms with Gasteiger partial charge in [0.2, 0.25) is 0 Å². The summed E-state index contributed by atoms with van der Waals surface area (Å²) in [5.74, 6) is 0. The fourth-order valence-electron chi connectivity index (χ4n) is 2.49. The molecule has 1 aliphatic carbocycles. The first-order valence-corrected chi connectivity index (χ1v) is 6.42. The fraction of sp³-hybridized carbons (Fsp3) is 0.143. The van der Waals surface area contributed by atoms with Crippen LogP contribution < -0.4 is 5.46 Å². The van der Waals surface area contributed by atoms with E-state index in [4.69, 9.17) is 0 Å². The molecular formula is C14H12BBr. The highest BCUT2D eigenvalue weighted by atomic mass is 79.9. The smallest absolute Gasteiger partial charge is 0.0887 e. The van der Waals surface area contributed by atoms with Crippen LogP contribution in [0.25, 0.3) is 11.1 Å². The van der Waals surface area contributed by atoms with Gasteiger partial charge in [-0.25, -0.2) is 0 Å². The van der Waals surface area contributed by atoms with Gasteiger partial charge in [0.25, 0.3) is 0 Å². The van der Waals surface area contributed by atoms with Crippen LogP contribution in [0.15, 0.2) is 40.9 Å². The molecule has 0 amide bonds. The monoisotopic (exact) mass is 270 g/mol. The number of benzene rings is 2. The summed E-state index contributed by atoms with van der Waals surface area (Å²) >= 11 is 3.54. The Hall–Kier alpha value is -1.02. The second-order valence-corrected chi connectivity index (χ2v) is 5.38. The lowest BCUT2D eigenvalue weighted by Gasteiger charge is -2.20. The molecule has 3 rings (SSSR count). The third-order valence-electron chi connectivity index (χ3n) is 3.28. The highest BCUT2D eigenvalue weighted by molar-refractivity contribution is 9.10. The van der Waals surface area contributed by atoms with Crippen molar-refractivity contribution in [1.29, 1.82) is 0 Å². The number of rotatable bonds is 0. The number of hydrogen-bond acceptors (Lipinski definition) is 0. The molecule has 0 radical (unpaired) electrons. The van der Waals surface area contributed by atoms with Gasteiger partial charge in [0.1, 0.15) is 7.85 Å². The molecule has 0 saturated heterocycles. The van der Waals surface area contributed by atoms with E-state index in [1.807, 2.05) is 0 Å². The Labute approximate surface area is 105 Å². The molecule has 0 spiro atoms. The summed E-state index contributed by atoms with van der Waals surface area (Å²) in [4.78, 5) is 0. The summed E-state index contributed by atoms with van der Waals surface area (Å²) < 4.78 is 1.18. The third kappa shape index (κ3) is 1.61. The van der Waals surface area contributed by atoms with Gasteiger partial charge in [0.15, 0.2) is 0 Å². The normalized spacial score (nSPS) is 13.1. The largest absolute Gasteiger partial charge is 0.139 e. The first kappa shape index (κ1) is 10.2. The molecule has 2 heteroatoms. The maximum absolute atomic E-state index is 3.54. The number of aryl methyl sites for hydroxylation is 2. The molecule has 0 atom stereocenters. The Morgan fingerprint density at radius 2 is 1.50 bits per heavy atom. The second-order valence-electron chi connectivity index (χ2n) is 4.46. The lowest BCUT2D eigenvalue weighted by atomic mass is 9.82. The van der Waals surface area contributed by atoms with Crippen LogP contribution in [0.5, 0.6) is 0 Å². The standard InChI is InChI=1S/C14H12BBr/c15-11-3-5-13-9(7-11)1-2-10-8-12(16)4-6-14(10)13/h3-8H,1-2,15H2. The molecule has 0 bridgehead atoms. The summed E-state index contributed by atoms with van der Waals surface area (Å²) in [6.45, 7) is 0. The Kier molecular flexibility index (Phi) is 2.40. The highest BCUT2D eigenvalue weighted by Crippen LogP contribution is 2.34. The highest BCUT2D eigenvalue weighted by Gasteiger charge is 2.15. The predicted molar refractivity (Wildman–Crippen MR) is 75.2 cm³/mol. The molecule has 0 nitrogen and oxygen atoms in total. The van der Waals surface area contributed by atoms with E-state index >= 15 is 0 Å². The molecule has 0 unspecified atom stereocenters. The molecule has 1 aliphatic rings. The topological polar surface area (TPSA) is 0 Å². The van der Waals surface area contributed by atoms with Gasteiger partial charge in [-0.2, -0.15) is 0 Å². The van der Waals surface area contributed by atoms with Crippen molar-refractivity contribution in [1.82, 2.24) is 0 Å². The zero-order chi connectivity index (χ0) is 11.1. The number of hydrogen-bond donors (Lipinski definition) is 0. The predicted octanol–water partition coefficient (Wildman–Crippen LogP) is 2.47. The van der Waals surface area contributed by atoms with Crippen molar-refractivity contribution in [2.45, 2.75) is 12.8 Å². The van der Waals surface area contributed by atoms with Gasteiger partial charge in [-0.15, -0.1) is 0 Å². The van der Waals surface area contributed by atoms with E-state index < -0.39 is 0 Å². The second kappa shape index (κ2) is 3.78. The maximum atomic E-state index is 3.54. The van der Waals surface area contributed by atoms with Crippen LogP contribution in [0.4, 0.5) is 0 Å². The van der Waals surface area contributed by atoms with Gasteiger partial charge in [0, 0.05) is 4.47 Å². The third-order valence-corrected chi connectivity index (χ3v) is 3.78. The molecule has 0 fully saturated rings. The minimum atomic E-state index is 1.16. The zero-order valence-electron chi connectivity index (χ0n) is 9.26. The van der Waals surface area contributed by atoms with Gasteiger partial charge >= 0.3 is 0 Å². The van der Waals surface area contributed by atoms with Crippen LogP contribution in [0.2, 0.25) is 0 Å². The Morgan fingerprint density at radius 3 is 2.25 bits per heavy atom. The van der Waals surface area contributed by atoms with Gasteiger partial charge in [0.05, 0.1) is 0 Å². The van der Waals surface area contributed by atoms with Gasteiger partial charge in [-0.1, -0.05) is 45.7 Å². The SMILES string of the molecule is Bc1ccc2c(c1)CCc1cc(Br)ccc1-2. The molecular weight excluding hydrogens is 259 g/mol. The molecule has 0 aromatic heterocycles. The van der Waals surface area contributed by atoms with Crippen molar-refractivity contribution in [2.75, 3.05) is 0 Å². The average molecular weight is 271 g/mol. The van der Waals surface area contributed by atoms with Crippen molar-refractivity contribution in [3.05, 3.63) is 52.0 Å². The van der Waals surface area contributed by atoms with E-state index in [9.17, 15) is 0 Å². The molecule has 16 heavy (non-hydrogen) atoms. The number of halogens is 1. The van der Waals surface area contributed by atoms with E-state index in [0.717, 1.165) is 6.42 Å². The minimum Gasteiger partial charge on any atom is -0.0887 e. The van der Waals surface area contributed by atoms with Crippen molar-refractivity contribution < 1.29 is 0 Å². The summed E-state index contributed by atoms with van der Waals surface area (Å²) in [5.41, 5.74) is 7.14. The Morgan fingerprint density at radius 1 is 0.875 bits per heavy atom. The van der Waals surface area contributed by atoms with Crippen LogP contribution >= 0.6 is 15.9 Å². The van der Waals surface area contributed by atoms with Gasteiger partial charge in [-0.05, 0) is 47.2 Å². The van der Waals surface area contributed by atoms with Crippen molar-refractivity contribution in [2.24, 2.45) is 0 Å². The summed E-state index contributed by atoms with van der Waals surface area (Å²) in [7, 11) is 2.16. The molecule has 0 saturated carbocycles. The quantitative estimate of drug-likeness (QED) is 0.646. The van der Waals surface area contributed by atoms with Crippen LogP contribution in [0.3, 0.4) is 0 Å². The summed E-state index contributed by atoms with van der Waals surface area (Å²) in [5, 5.41) is 0. The summed E-state index contributed by atoms with van der Waals surface area (Å²) in [6, 6.07) is 13.4. The van der Waals surface area contributed by atoms with Gasteiger partial charge in [-0.3, -0.25) is 0 Å². The minimum absolute atomic E-state index is 1.16. The molecule has 2 aromatic carbocycles. The van der Waals surface area contributed by atoms with E-state index in [0.29, 0.717) is 0 Å². The van der Waals surface area contributed by atoms with Crippen LogP contribution in [-0.2, 0) is 12.8 Å². The first-order valence-electron chi connectivity index (χ1n) is 5.62. The van der Waals surface area contributed by atoms with Crippen molar-refractivity contribution >= 4 is 29.2 Å². The molecule has 78 valence electrons. The number of fused-ring (bicyclic) bond motifs is 3. The molecule has 0 aliphatic heterocycles. The summed E-state index contributed by atoms with van der Waals surface area (Å²) in [6.07, 6.45) is 2.33. The van der Waals surface area contributed by atoms with E-state index in [1.54, 1.807) is 0 Å². The molecule has 0 heterocycles. The Bertz CT molecular complexity index is 509. The molecule has 2 aromatic rings. The Balaban J connectivity index is 2.23. The van der Waals surface area contributed by atoms with E-state index in [1.165, 1.54) is 38.6 Å². The van der Waals surface area contributed by atoms with Crippen LogP contribution in [0, 0.1) is 0 Å².